The lowest BCUT2D eigenvalue weighted by molar-refractivity contribution is -0.131. The van der Waals surface area contributed by atoms with Gasteiger partial charge in [-0.25, -0.2) is 9.79 Å². The maximum atomic E-state index is 11.6. The zero-order valence-electron chi connectivity index (χ0n) is 22.2. The number of aromatic amines is 2. The molecule has 0 saturated carbocycles. The Labute approximate surface area is 224 Å². The molecule has 0 radical (unpaired) electrons. The summed E-state index contributed by atoms with van der Waals surface area (Å²) in [5, 5.41) is 12.9. The minimum Gasteiger partial charge on any atom is -0.478 e. The predicted octanol–water partition coefficient (Wildman–Crippen LogP) is 3.58. The SMILES string of the molecule is CC(C=O)CCCCCCC(CCC(Nc1ccc[nH]1)C(=CC(=O)O)CN=C(N)N)Cc1ccc(=O)[nH]c1. The van der Waals surface area contributed by atoms with Gasteiger partial charge in [-0.3, -0.25) is 4.79 Å². The van der Waals surface area contributed by atoms with Gasteiger partial charge in [0.15, 0.2) is 5.96 Å². The summed E-state index contributed by atoms with van der Waals surface area (Å²) in [5.41, 5.74) is 12.6. The molecule has 2 heterocycles. The Hall–Kier alpha value is -3.82. The fraction of sp³-hybridized carbons (Fsp3) is 0.500. The number of carboxylic acid groups (broad SMARTS) is 1. The van der Waals surface area contributed by atoms with E-state index in [0.29, 0.717) is 17.9 Å². The average molecular weight is 527 g/mol. The Morgan fingerprint density at radius 3 is 2.45 bits per heavy atom. The first-order valence-electron chi connectivity index (χ1n) is 13.3. The molecule has 0 aliphatic carbocycles. The second kappa shape index (κ2) is 16.8. The molecule has 0 aliphatic rings. The molecular weight excluding hydrogens is 484 g/mol. The fourth-order valence-corrected chi connectivity index (χ4v) is 4.53. The highest BCUT2D eigenvalue weighted by molar-refractivity contribution is 5.81. The smallest absolute Gasteiger partial charge is 0.328 e. The summed E-state index contributed by atoms with van der Waals surface area (Å²) < 4.78 is 0. The number of H-pyrrole nitrogens is 2. The van der Waals surface area contributed by atoms with Crippen LogP contribution in [0.4, 0.5) is 5.82 Å². The molecule has 0 bridgehead atoms. The molecule has 10 nitrogen and oxygen atoms in total. The van der Waals surface area contributed by atoms with Crippen molar-refractivity contribution >= 4 is 24.0 Å². The van der Waals surface area contributed by atoms with Crippen molar-refractivity contribution in [3.8, 4) is 0 Å². The summed E-state index contributed by atoms with van der Waals surface area (Å²) >= 11 is 0. The number of rotatable bonds is 19. The molecule has 2 aromatic rings. The van der Waals surface area contributed by atoms with Gasteiger partial charge in [-0.05, 0) is 54.9 Å². The third-order valence-corrected chi connectivity index (χ3v) is 6.62. The molecule has 0 aromatic carbocycles. The third-order valence-electron chi connectivity index (χ3n) is 6.62. The quantitative estimate of drug-likeness (QED) is 0.0532. The van der Waals surface area contributed by atoms with Crippen molar-refractivity contribution in [3.05, 3.63) is 64.2 Å². The minimum absolute atomic E-state index is 0.0802. The van der Waals surface area contributed by atoms with E-state index in [4.69, 9.17) is 11.5 Å². The number of nitrogens with two attached hydrogens (primary N) is 2. The molecular formula is C28H42N6O4. The highest BCUT2D eigenvalue weighted by Crippen LogP contribution is 2.25. The van der Waals surface area contributed by atoms with Crippen molar-refractivity contribution < 1.29 is 14.7 Å². The van der Waals surface area contributed by atoms with E-state index < -0.39 is 5.97 Å². The van der Waals surface area contributed by atoms with Crippen LogP contribution in [-0.4, -0.2) is 45.9 Å². The van der Waals surface area contributed by atoms with Crippen LogP contribution in [0.15, 0.2) is 58.1 Å². The number of aldehydes is 1. The molecule has 38 heavy (non-hydrogen) atoms. The Kier molecular flexibility index (Phi) is 13.5. The van der Waals surface area contributed by atoms with Crippen LogP contribution in [0.25, 0.3) is 0 Å². The van der Waals surface area contributed by atoms with E-state index in [9.17, 15) is 19.5 Å². The van der Waals surface area contributed by atoms with E-state index in [1.54, 1.807) is 18.5 Å². The summed E-state index contributed by atoms with van der Waals surface area (Å²) in [7, 11) is 0. The molecule has 8 N–H and O–H groups in total. The summed E-state index contributed by atoms with van der Waals surface area (Å²) in [4.78, 5) is 43.9. The maximum absolute atomic E-state index is 11.6. The van der Waals surface area contributed by atoms with Crippen LogP contribution in [0.2, 0.25) is 0 Å². The zero-order chi connectivity index (χ0) is 27.8. The van der Waals surface area contributed by atoms with Gasteiger partial charge in [0, 0.05) is 30.5 Å². The van der Waals surface area contributed by atoms with Gasteiger partial charge in [0.05, 0.1) is 12.6 Å². The van der Waals surface area contributed by atoms with Crippen molar-refractivity contribution in [2.45, 2.75) is 70.8 Å². The number of carboxylic acids is 1. The first-order chi connectivity index (χ1) is 18.3. The Balaban J connectivity index is 2.12. The van der Waals surface area contributed by atoms with Crippen LogP contribution >= 0.6 is 0 Å². The lowest BCUT2D eigenvalue weighted by atomic mass is 9.87. The predicted molar refractivity (Wildman–Crippen MR) is 151 cm³/mol. The van der Waals surface area contributed by atoms with Crippen LogP contribution in [0.3, 0.4) is 0 Å². The van der Waals surface area contributed by atoms with Crippen LogP contribution < -0.4 is 22.3 Å². The van der Waals surface area contributed by atoms with Gasteiger partial charge in [-0.15, -0.1) is 0 Å². The number of hydrogen-bond donors (Lipinski definition) is 6. The third kappa shape index (κ3) is 12.4. The number of aromatic nitrogens is 2. The molecule has 0 fully saturated rings. The number of nitrogens with zero attached hydrogens (tertiary/aromatic N) is 1. The second-order valence-electron chi connectivity index (χ2n) is 9.89. The number of carbonyl (C=O) groups excluding carboxylic acids is 1. The van der Waals surface area contributed by atoms with Crippen molar-refractivity contribution in [2.75, 3.05) is 11.9 Å². The largest absolute Gasteiger partial charge is 0.478 e. The van der Waals surface area contributed by atoms with E-state index >= 15 is 0 Å². The second-order valence-corrected chi connectivity index (χ2v) is 9.89. The number of hydrogen-bond acceptors (Lipinski definition) is 5. The van der Waals surface area contributed by atoms with Crippen molar-refractivity contribution in [3.63, 3.8) is 0 Å². The molecule has 0 amide bonds. The normalized spacial score (nSPS) is 13.9. The molecule has 0 aliphatic heterocycles. The summed E-state index contributed by atoms with van der Waals surface area (Å²) in [6.45, 7) is 2.03. The van der Waals surface area contributed by atoms with Crippen LogP contribution in [0, 0.1) is 11.8 Å². The van der Waals surface area contributed by atoms with Gasteiger partial charge in [0.1, 0.15) is 12.1 Å². The van der Waals surface area contributed by atoms with Crippen LogP contribution in [0.1, 0.15) is 63.9 Å². The molecule has 3 atom stereocenters. The molecule has 3 unspecified atom stereocenters. The lowest BCUT2D eigenvalue weighted by Crippen LogP contribution is -2.28. The number of guanidine groups is 1. The van der Waals surface area contributed by atoms with E-state index in [1.165, 1.54) is 6.08 Å². The number of unbranched alkanes of at least 4 members (excludes halogenated alkanes) is 3. The Bertz CT molecular complexity index is 1070. The van der Waals surface area contributed by atoms with E-state index in [1.807, 2.05) is 25.1 Å². The van der Waals surface area contributed by atoms with Gasteiger partial charge in [0.25, 0.3) is 0 Å². The maximum Gasteiger partial charge on any atom is 0.328 e. The van der Waals surface area contributed by atoms with Crippen molar-refractivity contribution in [1.82, 2.24) is 9.97 Å². The number of aliphatic imine (C=N–C) groups is 1. The number of pyridine rings is 1. The summed E-state index contributed by atoms with van der Waals surface area (Å²) in [5.74, 6) is 0.0601. The van der Waals surface area contributed by atoms with Crippen molar-refractivity contribution in [1.29, 1.82) is 0 Å². The van der Waals surface area contributed by atoms with Crippen LogP contribution in [0.5, 0.6) is 0 Å². The molecule has 2 aromatic heterocycles. The minimum atomic E-state index is -1.06. The topological polar surface area (TPSA) is 179 Å². The van der Waals surface area contributed by atoms with Gasteiger partial charge >= 0.3 is 5.97 Å². The standard InChI is InChI=1S/C28H42N6O4/c1-20(19-35)7-4-2-3-5-8-21(15-22-11-13-26(36)32-17-22)10-12-24(34-25-9-6-14-31-25)23(16-27(37)38)18-33-28(29)30/h6,9,11,13-14,16-17,19-21,24,31,34H,2-5,7-8,10,12,15,18H2,1H3,(H,32,36)(H,37,38)(H4,29,30,33). The van der Waals surface area contributed by atoms with E-state index in [-0.39, 0.29) is 30.0 Å². The molecule has 0 spiro atoms. The summed E-state index contributed by atoms with van der Waals surface area (Å²) in [6.07, 6.45) is 14.3. The van der Waals surface area contributed by atoms with Gasteiger partial charge in [-0.1, -0.05) is 45.1 Å². The highest BCUT2D eigenvalue weighted by atomic mass is 16.4. The number of anilines is 1. The van der Waals surface area contributed by atoms with Gasteiger partial charge in [-0.2, -0.15) is 0 Å². The molecule has 208 valence electrons. The first-order valence-corrected chi connectivity index (χ1v) is 13.3. The van der Waals surface area contributed by atoms with E-state index in [2.05, 4.69) is 20.3 Å². The molecule has 0 saturated heterocycles. The number of aliphatic carboxylic acids is 1. The van der Waals surface area contributed by atoms with Crippen molar-refractivity contribution in [2.24, 2.45) is 28.3 Å². The highest BCUT2D eigenvalue weighted by Gasteiger charge is 2.19. The molecule has 10 heteroatoms. The number of carbonyl (C=O) groups is 2. The van der Waals surface area contributed by atoms with Crippen LogP contribution in [-0.2, 0) is 16.0 Å². The monoisotopic (exact) mass is 526 g/mol. The Morgan fingerprint density at radius 2 is 1.84 bits per heavy atom. The zero-order valence-corrected chi connectivity index (χ0v) is 22.2. The van der Waals surface area contributed by atoms with Gasteiger partial charge < -0.3 is 36.7 Å². The first kappa shape index (κ1) is 30.4. The number of nitrogens with one attached hydrogen (secondary N) is 3. The Morgan fingerprint density at radius 1 is 1.08 bits per heavy atom. The van der Waals surface area contributed by atoms with E-state index in [0.717, 1.165) is 69.0 Å². The summed E-state index contributed by atoms with van der Waals surface area (Å²) in [6, 6.07) is 6.85. The molecule has 2 rings (SSSR count). The lowest BCUT2D eigenvalue weighted by Gasteiger charge is -2.25. The van der Waals surface area contributed by atoms with Gasteiger partial charge in [0.2, 0.25) is 5.56 Å². The fourth-order valence-electron chi connectivity index (χ4n) is 4.53. The average Bonchev–Trinajstić information content (AvgIpc) is 3.40.